The van der Waals surface area contributed by atoms with Crippen LogP contribution in [-0.4, -0.2) is 0 Å². The molecule has 1 aromatic rings. The molecule has 0 nitrogen and oxygen atoms in total. The molecule has 2 heteroatoms. The van der Waals surface area contributed by atoms with E-state index in [1.807, 2.05) is 30.3 Å². The number of benzene rings is 1. The van der Waals surface area contributed by atoms with E-state index in [9.17, 15) is 0 Å². The first-order chi connectivity index (χ1) is 3.39. The maximum absolute atomic E-state index is 4.08. The van der Waals surface area contributed by atoms with Crippen molar-refractivity contribution in [2.45, 2.75) is 4.90 Å². The second-order valence-corrected chi connectivity index (χ2v) is 1.85. The van der Waals surface area contributed by atoms with Crippen molar-refractivity contribution < 1.29 is 16.5 Å². The van der Waals surface area contributed by atoms with E-state index in [2.05, 4.69) is 12.6 Å². The van der Waals surface area contributed by atoms with E-state index < -0.39 is 0 Å². The van der Waals surface area contributed by atoms with Crippen LogP contribution in [0.4, 0.5) is 0 Å². The van der Waals surface area contributed by atoms with Crippen LogP contribution in [0.15, 0.2) is 35.2 Å². The van der Waals surface area contributed by atoms with Crippen molar-refractivity contribution in [3.63, 3.8) is 0 Å². The Balaban J connectivity index is 0.000000490. The zero-order valence-electron chi connectivity index (χ0n) is 4.15. The van der Waals surface area contributed by atoms with E-state index in [4.69, 9.17) is 0 Å². The molecule has 0 unspecified atom stereocenters. The summed E-state index contributed by atoms with van der Waals surface area (Å²) in [6, 6.07) is 9.79. The molecule has 1 aromatic carbocycles. The maximum Gasteiger partial charge on any atom is 2.00 e. The minimum absolute atomic E-state index is 0. The van der Waals surface area contributed by atoms with Gasteiger partial charge in [0, 0.05) is 4.90 Å². The molecule has 0 radical (unpaired) electrons. The van der Waals surface area contributed by atoms with Gasteiger partial charge in [-0.3, -0.25) is 0 Å². The van der Waals surface area contributed by atoms with Crippen molar-refractivity contribution >= 4 is 12.6 Å². The van der Waals surface area contributed by atoms with Crippen molar-refractivity contribution in [1.82, 2.24) is 0 Å². The van der Waals surface area contributed by atoms with Crippen molar-refractivity contribution in [3.05, 3.63) is 30.3 Å². The number of thiol groups is 1. The van der Waals surface area contributed by atoms with Crippen molar-refractivity contribution in [2.75, 3.05) is 0 Å². The van der Waals surface area contributed by atoms with E-state index in [0.717, 1.165) is 4.90 Å². The molecular formula is C6H6NiS+2. The van der Waals surface area contributed by atoms with E-state index in [1.54, 1.807) is 0 Å². The van der Waals surface area contributed by atoms with Crippen LogP contribution < -0.4 is 0 Å². The Bertz CT molecular complexity index is 138. The summed E-state index contributed by atoms with van der Waals surface area (Å²) in [7, 11) is 0. The summed E-state index contributed by atoms with van der Waals surface area (Å²) in [5.41, 5.74) is 0. The van der Waals surface area contributed by atoms with Crippen molar-refractivity contribution in [3.8, 4) is 0 Å². The molecule has 1 rings (SSSR count). The van der Waals surface area contributed by atoms with Gasteiger partial charge in [0.25, 0.3) is 0 Å². The predicted molar refractivity (Wildman–Crippen MR) is 33.7 cm³/mol. The smallest absolute Gasteiger partial charge is 0.143 e. The minimum atomic E-state index is 0. The quantitative estimate of drug-likeness (QED) is 0.445. The van der Waals surface area contributed by atoms with Gasteiger partial charge >= 0.3 is 16.5 Å². The van der Waals surface area contributed by atoms with Gasteiger partial charge in [-0.15, -0.1) is 12.6 Å². The van der Waals surface area contributed by atoms with Gasteiger partial charge in [-0.25, -0.2) is 0 Å². The van der Waals surface area contributed by atoms with Gasteiger partial charge in [-0.05, 0) is 12.1 Å². The number of hydrogen-bond donors (Lipinski definition) is 1. The van der Waals surface area contributed by atoms with Gasteiger partial charge in [-0.2, -0.15) is 0 Å². The van der Waals surface area contributed by atoms with Crippen LogP contribution in [0.3, 0.4) is 0 Å². The fourth-order valence-electron chi connectivity index (χ4n) is 0.428. The molecule has 0 aliphatic heterocycles. The maximum atomic E-state index is 4.08. The van der Waals surface area contributed by atoms with Crippen LogP contribution in [-0.2, 0) is 16.5 Å². The molecule has 0 fully saturated rings. The average molecular weight is 169 g/mol. The van der Waals surface area contributed by atoms with Crippen LogP contribution in [0.25, 0.3) is 0 Å². The van der Waals surface area contributed by atoms with E-state index in [-0.39, 0.29) is 16.5 Å². The first-order valence-electron chi connectivity index (χ1n) is 2.13. The van der Waals surface area contributed by atoms with Gasteiger partial charge in [0.15, 0.2) is 0 Å². The molecule has 0 heterocycles. The molecule has 0 atom stereocenters. The molecule has 0 aliphatic carbocycles. The van der Waals surface area contributed by atoms with Crippen LogP contribution in [0.5, 0.6) is 0 Å². The van der Waals surface area contributed by atoms with Crippen LogP contribution in [0.2, 0.25) is 0 Å². The van der Waals surface area contributed by atoms with Crippen molar-refractivity contribution in [2.24, 2.45) is 0 Å². The number of rotatable bonds is 0. The Morgan fingerprint density at radius 1 is 1.00 bits per heavy atom. The number of hydrogen-bond acceptors (Lipinski definition) is 1. The Morgan fingerprint density at radius 2 is 1.50 bits per heavy atom. The zero-order valence-corrected chi connectivity index (χ0v) is 6.03. The SMILES string of the molecule is Sc1ccccc1.[Ni+2]. The molecule has 0 aliphatic rings. The molecule has 0 N–H and O–H groups in total. The minimum Gasteiger partial charge on any atom is -0.143 e. The Morgan fingerprint density at radius 3 is 1.75 bits per heavy atom. The summed E-state index contributed by atoms with van der Waals surface area (Å²) in [6.07, 6.45) is 0. The second-order valence-electron chi connectivity index (χ2n) is 1.34. The van der Waals surface area contributed by atoms with E-state index in [1.165, 1.54) is 0 Å². The van der Waals surface area contributed by atoms with Crippen molar-refractivity contribution in [1.29, 1.82) is 0 Å². The topological polar surface area (TPSA) is 0 Å². The first-order valence-corrected chi connectivity index (χ1v) is 2.58. The average Bonchev–Trinajstić information content (AvgIpc) is 1.69. The van der Waals surface area contributed by atoms with E-state index >= 15 is 0 Å². The van der Waals surface area contributed by atoms with Gasteiger partial charge in [0.2, 0.25) is 0 Å². The van der Waals surface area contributed by atoms with Crippen LogP contribution >= 0.6 is 12.6 Å². The Hall–Kier alpha value is 0.0635. The summed E-state index contributed by atoms with van der Waals surface area (Å²) in [6.45, 7) is 0. The van der Waals surface area contributed by atoms with Gasteiger partial charge in [0.05, 0.1) is 0 Å². The third kappa shape index (κ3) is 2.39. The molecule has 0 aromatic heterocycles. The van der Waals surface area contributed by atoms with E-state index in [0.29, 0.717) is 0 Å². The summed E-state index contributed by atoms with van der Waals surface area (Å²) in [5.74, 6) is 0. The normalized spacial score (nSPS) is 7.62. The predicted octanol–water partition coefficient (Wildman–Crippen LogP) is 1.97. The molecule has 0 saturated heterocycles. The molecular weight excluding hydrogens is 163 g/mol. The summed E-state index contributed by atoms with van der Waals surface area (Å²) in [4.78, 5) is 1.02. The van der Waals surface area contributed by atoms with Gasteiger partial charge < -0.3 is 0 Å². The first kappa shape index (κ1) is 8.06. The van der Waals surface area contributed by atoms with Crippen LogP contribution in [0.1, 0.15) is 0 Å². The van der Waals surface area contributed by atoms with Gasteiger partial charge in [-0.1, -0.05) is 18.2 Å². The largest absolute Gasteiger partial charge is 2.00 e. The van der Waals surface area contributed by atoms with Crippen LogP contribution in [0, 0.1) is 0 Å². The molecule has 0 spiro atoms. The fraction of sp³-hybridized carbons (Fsp3) is 0. The molecule has 0 amide bonds. The fourth-order valence-corrected chi connectivity index (χ4v) is 0.600. The zero-order chi connectivity index (χ0) is 5.11. The molecule has 0 bridgehead atoms. The summed E-state index contributed by atoms with van der Waals surface area (Å²) >= 11 is 4.08. The second kappa shape index (κ2) is 3.99. The standard InChI is InChI=1S/C6H6S.Ni/c7-6-4-2-1-3-5-6;/h1-5,7H;/q;+2. The molecule has 8 heavy (non-hydrogen) atoms. The molecule has 0 saturated carbocycles. The third-order valence-electron chi connectivity index (χ3n) is 0.756. The Labute approximate surface area is 64.6 Å². The monoisotopic (exact) mass is 168 g/mol. The summed E-state index contributed by atoms with van der Waals surface area (Å²) in [5, 5.41) is 0. The van der Waals surface area contributed by atoms with Gasteiger partial charge in [0.1, 0.15) is 0 Å². The Kier molecular flexibility index (Phi) is 4.03. The third-order valence-corrected chi connectivity index (χ3v) is 1.05. The molecule has 44 valence electrons. The summed E-state index contributed by atoms with van der Waals surface area (Å²) < 4.78 is 0.